The molecule has 3 rings (SSSR count). The van der Waals surface area contributed by atoms with E-state index < -0.39 is 0 Å². The molecule has 4 nitrogen and oxygen atoms in total. The molecule has 0 atom stereocenters. The molecule has 0 N–H and O–H groups in total. The van der Waals surface area contributed by atoms with Crippen molar-refractivity contribution < 1.29 is 0 Å². The van der Waals surface area contributed by atoms with Crippen LogP contribution in [-0.4, -0.2) is 14.8 Å². The zero-order chi connectivity index (χ0) is 16.2. The maximum absolute atomic E-state index is 12.0. The second kappa shape index (κ2) is 6.94. The summed E-state index contributed by atoms with van der Waals surface area (Å²) in [4.78, 5) is 16.1. The molecule has 3 aromatic rings. The van der Waals surface area contributed by atoms with E-state index in [1.807, 2.05) is 36.4 Å². The smallest absolute Gasteiger partial charge is 0.266 e. The van der Waals surface area contributed by atoms with Gasteiger partial charge in [0.15, 0.2) is 5.82 Å². The number of nitrogens with zero attached hydrogens (tertiary/aromatic N) is 3. The van der Waals surface area contributed by atoms with E-state index in [9.17, 15) is 4.79 Å². The van der Waals surface area contributed by atoms with Gasteiger partial charge >= 0.3 is 0 Å². The van der Waals surface area contributed by atoms with Crippen molar-refractivity contribution in [3.05, 3.63) is 92.1 Å². The van der Waals surface area contributed by atoms with E-state index in [2.05, 4.69) is 10.1 Å². The fourth-order valence-corrected chi connectivity index (χ4v) is 2.52. The van der Waals surface area contributed by atoms with Crippen LogP contribution in [0.1, 0.15) is 17.0 Å². The molecule has 0 saturated heterocycles. The Hall–Kier alpha value is -2.17. The molecule has 0 spiro atoms. The molecule has 0 aliphatic rings. The summed E-state index contributed by atoms with van der Waals surface area (Å²) in [5.74, 6) is 0.593. The van der Waals surface area contributed by atoms with Crippen LogP contribution in [-0.2, 0) is 13.0 Å². The first kappa shape index (κ1) is 15.7. The van der Waals surface area contributed by atoms with Crippen molar-refractivity contribution in [3.8, 4) is 0 Å². The van der Waals surface area contributed by atoms with Gasteiger partial charge in [-0.05, 0) is 23.3 Å². The highest BCUT2D eigenvalue weighted by molar-refractivity contribution is 6.42. The first-order valence-electron chi connectivity index (χ1n) is 7.03. The maximum Gasteiger partial charge on any atom is 0.285 e. The van der Waals surface area contributed by atoms with E-state index in [-0.39, 0.29) is 5.56 Å². The lowest BCUT2D eigenvalue weighted by molar-refractivity contribution is 0.604. The van der Waals surface area contributed by atoms with Crippen LogP contribution < -0.4 is 5.56 Å². The molecular weight excluding hydrogens is 333 g/mol. The van der Waals surface area contributed by atoms with Crippen molar-refractivity contribution in [2.24, 2.45) is 0 Å². The first-order valence-corrected chi connectivity index (χ1v) is 7.78. The molecule has 0 aliphatic carbocycles. The third-order valence-corrected chi connectivity index (χ3v) is 4.07. The van der Waals surface area contributed by atoms with Crippen LogP contribution in [0.15, 0.2) is 59.5 Å². The minimum atomic E-state index is -0.257. The van der Waals surface area contributed by atoms with Gasteiger partial charge in [-0.1, -0.05) is 59.6 Å². The summed E-state index contributed by atoms with van der Waals surface area (Å²) in [7, 11) is 0. The van der Waals surface area contributed by atoms with Crippen molar-refractivity contribution in [2.75, 3.05) is 0 Å². The molecule has 1 aromatic heterocycles. The number of rotatable bonds is 4. The lowest BCUT2D eigenvalue weighted by Gasteiger charge is -2.07. The second-order valence-corrected chi connectivity index (χ2v) is 5.90. The van der Waals surface area contributed by atoms with Crippen molar-refractivity contribution in [2.45, 2.75) is 13.0 Å². The van der Waals surface area contributed by atoms with Crippen LogP contribution >= 0.6 is 23.2 Å². The quantitative estimate of drug-likeness (QED) is 0.725. The largest absolute Gasteiger partial charge is 0.285 e. The fourth-order valence-electron chi connectivity index (χ4n) is 2.19. The Labute approximate surface area is 143 Å². The molecule has 0 unspecified atom stereocenters. The lowest BCUT2D eigenvalue weighted by Crippen LogP contribution is -2.25. The molecule has 1 heterocycles. The van der Waals surface area contributed by atoms with E-state index in [4.69, 9.17) is 23.2 Å². The van der Waals surface area contributed by atoms with Gasteiger partial charge in [0.2, 0.25) is 0 Å². The molecular formula is C17H13Cl2N3O. The Balaban J connectivity index is 1.85. The minimum Gasteiger partial charge on any atom is -0.266 e. The van der Waals surface area contributed by atoms with Gasteiger partial charge < -0.3 is 0 Å². The predicted octanol–water partition coefficient (Wildman–Crippen LogP) is 3.58. The molecule has 0 aliphatic heterocycles. The highest BCUT2D eigenvalue weighted by atomic mass is 35.5. The van der Waals surface area contributed by atoms with E-state index in [0.29, 0.717) is 28.8 Å². The molecule has 116 valence electrons. The van der Waals surface area contributed by atoms with Gasteiger partial charge in [-0.25, -0.2) is 9.67 Å². The highest BCUT2D eigenvalue weighted by Gasteiger charge is 2.06. The third-order valence-electron chi connectivity index (χ3n) is 3.34. The highest BCUT2D eigenvalue weighted by Crippen LogP contribution is 2.22. The van der Waals surface area contributed by atoms with Gasteiger partial charge in [0.25, 0.3) is 5.56 Å². The second-order valence-electron chi connectivity index (χ2n) is 5.08. The molecule has 23 heavy (non-hydrogen) atoms. The van der Waals surface area contributed by atoms with Crippen LogP contribution in [0.3, 0.4) is 0 Å². The molecule has 2 aromatic carbocycles. The van der Waals surface area contributed by atoms with Crippen molar-refractivity contribution in [3.63, 3.8) is 0 Å². The zero-order valence-corrected chi connectivity index (χ0v) is 13.6. The van der Waals surface area contributed by atoms with Crippen LogP contribution in [0, 0.1) is 0 Å². The summed E-state index contributed by atoms with van der Waals surface area (Å²) < 4.78 is 1.38. The molecule has 0 saturated carbocycles. The number of benzene rings is 2. The van der Waals surface area contributed by atoms with Crippen LogP contribution in [0.2, 0.25) is 10.0 Å². The topological polar surface area (TPSA) is 47.8 Å². The Morgan fingerprint density at radius 2 is 1.74 bits per heavy atom. The average Bonchev–Trinajstić information content (AvgIpc) is 2.55. The van der Waals surface area contributed by atoms with Crippen molar-refractivity contribution in [1.82, 2.24) is 14.8 Å². The summed E-state index contributed by atoms with van der Waals surface area (Å²) in [6.45, 7) is 0.319. The molecule has 0 amide bonds. The molecule has 6 heteroatoms. The standard InChI is InChI=1S/C17H13Cl2N3O/c18-14-7-6-13(8-15(14)19)11-22-17(23)10-20-16(21-22)9-12-4-2-1-3-5-12/h1-8,10H,9,11H2. The van der Waals surface area contributed by atoms with Crippen molar-refractivity contribution in [1.29, 1.82) is 0 Å². The van der Waals surface area contributed by atoms with Gasteiger partial charge in [-0.15, -0.1) is 0 Å². The molecule has 0 bridgehead atoms. The van der Waals surface area contributed by atoms with Crippen LogP contribution in [0.25, 0.3) is 0 Å². The SMILES string of the molecule is O=c1cnc(Cc2ccccc2)nn1Cc1ccc(Cl)c(Cl)c1. The molecule has 0 fully saturated rings. The maximum atomic E-state index is 12.0. The van der Waals surface area contributed by atoms with Crippen molar-refractivity contribution >= 4 is 23.2 Å². The zero-order valence-electron chi connectivity index (χ0n) is 12.1. The summed E-state index contributed by atoms with van der Waals surface area (Å²) in [6.07, 6.45) is 1.87. The van der Waals surface area contributed by atoms with Gasteiger partial charge in [-0.2, -0.15) is 5.10 Å². The van der Waals surface area contributed by atoms with E-state index >= 15 is 0 Å². The van der Waals surface area contributed by atoms with E-state index in [1.165, 1.54) is 10.9 Å². The van der Waals surface area contributed by atoms with Gasteiger partial charge in [0.1, 0.15) is 0 Å². The van der Waals surface area contributed by atoms with Crippen LogP contribution in [0.5, 0.6) is 0 Å². The normalized spacial score (nSPS) is 10.7. The van der Waals surface area contributed by atoms with Crippen LogP contribution in [0.4, 0.5) is 0 Å². The minimum absolute atomic E-state index is 0.257. The Morgan fingerprint density at radius 1 is 0.957 bits per heavy atom. The summed E-state index contributed by atoms with van der Waals surface area (Å²) in [6, 6.07) is 15.1. The predicted molar refractivity (Wildman–Crippen MR) is 91.1 cm³/mol. The summed E-state index contributed by atoms with van der Waals surface area (Å²) in [5, 5.41) is 5.27. The monoisotopic (exact) mass is 345 g/mol. The summed E-state index contributed by atoms with van der Waals surface area (Å²) >= 11 is 11.9. The van der Waals surface area contributed by atoms with E-state index in [0.717, 1.165) is 11.1 Å². The third kappa shape index (κ3) is 3.97. The Bertz CT molecular complexity index is 879. The number of hydrogen-bond donors (Lipinski definition) is 0. The lowest BCUT2D eigenvalue weighted by atomic mass is 10.1. The average molecular weight is 346 g/mol. The Kier molecular flexibility index (Phi) is 4.74. The Morgan fingerprint density at radius 3 is 2.48 bits per heavy atom. The number of halogens is 2. The number of aromatic nitrogens is 3. The van der Waals surface area contributed by atoms with E-state index in [1.54, 1.807) is 12.1 Å². The van der Waals surface area contributed by atoms with Gasteiger partial charge in [0, 0.05) is 6.42 Å². The molecule has 0 radical (unpaired) electrons. The first-order chi connectivity index (χ1) is 11.1. The fraction of sp³-hybridized carbons (Fsp3) is 0.118. The summed E-state index contributed by atoms with van der Waals surface area (Å²) in [5.41, 5.74) is 1.69. The number of hydrogen-bond acceptors (Lipinski definition) is 3. The van der Waals surface area contributed by atoms with Gasteiger partial charge in [-0.3, -0.25) is 4.79 Å². The van der Waals surface area contributed by atoms with Gasteiger partial charge in [0.05, 0.1) is 22.8 Å².